The van der Waals surface area contributed by atoms with E-state index < -0.39 is 29.2 Å². The molecule has 4 atom stereocenters. The summed E-state index contributed by atoms with van der Waals surface area (Å²) in [5, 5.41) is 3.02. The van der Waals surface area contributed by atoms with Crippen molar-refractivity contribution in [3.63, 3.8) is 0 Å². The van der Waals surface area contributed by atoms with Gasteiger partial charge in [-0.25, -0.2) is 0 Å². The van der Waals surface area contributed by atoms with E-state index in [0.29, 0.717) is 11.3 Å². The molecule has 0 unspecified atom stereocenters. The van der Waals surface area contributed by atoms with Crippen LogP contribution < -0.4 is 5.32 Å². The lowest BCUT2D eigenvalue weighted by atomic mass is 9.63. The highest BCUT2D eigenvalue weighted by Crippen LogP contribution is 2.62. The lowest BCUT2D eigenvalue weighted by molar-refractivity contribution is -0.122. The minimum absolute atomic E-state index is 0.109. The molecule has 4 aromatic rings. The number of nitrogens with one attached hydrogen (secondary N) is 1. The molecule has 2 aromatic carbocycles. The van der Waals surface area contributed by atoms with Crippen LogP contribution in [0.5, 0.6) is 0 Å². The van der Waals surface area contributed by atoms with E-state index in [9.17, 15) is 14.4 Å². The number of carbonyl (C=O) groups is 3. The van der Waals surface area contributed by atoms with Gasteiger partial charge in [0.2, 0.25) is 17.5 Å². The number of aromatic nitrogens is 1. The molecular formula is C30H21N3O4. The highest BCUT2D eigenvalue weighted by Gasteiger charge is 2.71. The number of para-hydroxylation sites is 1. The van der Waals surface area contributed by atoms with Crippen LogP contribution in [-0.4, -0.2) is 33.4 Å². The third kappa shape index (κ3) is 2.82. The largest absolute Gasteiger partial charge is 0.461 e. The predicted molar refractivity (Wildman–Crippen MR) is 136 cm³/mol. The zero-order valence-electron chi connectivity index (χ0n) is 19.6. The van der Waals surface area contributed by atoms with Crippen LogP contribution in [0.2, 0.25) is 0 Å². The highest BCUT2D eigenvalue weighted by molar-refractivity contribution is 6.16. The molecule has 180 valence electrons. The van der Waals surface area contributed by atoms with Gasteiger partial charge in [-0.3, -0.25) is 19.4 Å². The maximum Gasteiger partial charge on any atom is 0.238 e. The van der Waals surface area contributed by atoms with Crippen molar-refractivity contribution < 1.29 is 18.8 Å². The number of amides is 1. The van der Waals surface area contributed by atoms with E-state index in [1.807, 2.05) is 65.7 Å². The number of nitrogens with zero attached hydrogens (tertiary/aromatic N) is 2. The van der Waals surface area contributed by atoms with E-state index in [-0.39, 0.29) is 23.1 Å². The van der Waals surface area contributed by atoms with Crippen molar-refractivity contribution in [3.05, 3.63) is 126 Å². The minimum Gasteiger partial charge on any atom is -0.461 e. The molecule has 7 rings (SSSR count). The molecule has 3 aliphatic heterocycles. The van der Waals surface area contributed by atoms with Crippen LogP contribution in [0.1, 0.15) is 43.8 Å². The maximum atomic E-state index is 14.3. The first-order chi connectivity index (χ1) is 18.1. The van der Waals surface area contributed by atoms with E-state index >= 15 is 0 Å². The lowest BCUT2D eigenvalue weighted by Gasteiger charge is -2.38. The van der Waals surface area contributed by atoms with Gasteiger partial charge < -0.3 is 14.6 Å². The summed E-state index contributed by atoms with van der Waals surface area (Å²) in [5.41, 5.74) is 2.01. The molecule has 1 N–H and O–H groups in total. The number of hydrogen-bond acceptors (Lipinski definition) is 6. The molecule has 1 fully saturated rings. The number of benzene rings is 2. The molecule has 0 bridgehead atoms. The number of ketones is 2. The summed E-state index contributed by atoms with van der Waals surface area (Å²) in [4.78, 5) is 49.0. The summed E-state index contributed by atoms with van der Waals surface area (Å²) in [6, 6.07) is 22.0. The smallest absolute Gasteiger partial charge is 0.238 e. The van der Waals surface area contributed by atoms with Crippen molar-refractivity contribution in [2.75, 3.05) is 5.32 Å². The number of fused-ring (bicyclic) bond motifs is 6. The van der Waals surface area contributed by atoms with Gasteiger partial charge in [-0.15, -0.1) is 0 Å². The molecule has 1 spiro atoms. The second-order valence-corrected chi connectivity index (χ2v) is 9.51. The average Bonchev–Trinajstić information content (AvgIpc) is 3.65. The first-order valence-corrected chi connectivity index (χ1v) is 12.1. The minimum atomic E-state index is -1.38. The number of Topliss-reactive ketones (excluding diaryl/α,β-unsaturated/α-hetero) is 2. The van der Waals surface area contributed by atoms with Crippen molar-refractivity contribution in [1.82, 2.24) is 9.88 Å². The number of hydrogen-bond donors (Lipinski definition) is 1. The Bertz CT molecular complexity index is 1590. The second kappa shape index (κ2) is 7.86. The molecule has 0 saturated carbocycles. The third-order valence-corrected chi connectivity index (χ3v) is 7.80. The topological polar surface area (TPSA) is 92.5 Å². The Kier molecular flexibility index (Phi) is 4.57. The molecule has 5 heterocycles. The summed E-state index contributed by atoms with van der Waals surface area (Å²) < 4.78 is 5.55. The van der Waals surface area contributed by atoms with Crippen molar-refractivity contribution in [1.29, 1.82) is 0 Å². The quantitative estimate of drug-likeness (QED) is 0.421. The Morgan fingerprint density at radius 2 is 1.73 bits per heavy atom. The fraction of sp³-hybridized carbons (Fsp3) is 0.133. The van der Waals surface area contributed by atoms with E-state index in [1.165, 1.54) is 6.26 Å². The third-order valence-electron chi connectivity index (χ3n) is 7.80. The van der Waals surface area contributed by atoms with E-state index in [1.54, 1.807) is 36.5 Å². The van der Waals surface area contributed by atoms with Crippen LogP contribution in [0.3, 0.4) is 0 Å². The van der Waals surface area contributed by atoms with Crippen LogP contribution in [0.4, 0.5) is 5.69 Å². The summed E-state index contributed by atoms with van der Waals surface area (Å²) in [6.45, 7) is 0. The zero-order valence-corrected chi connectivity index (χ0v) is 19.6. The Labute approximate surface area is 212 Å². The fourth-order valence-electron chi connectivity index (χ4n) is 6.40. The molecule has 1 saturated heterocycles. The molecular weight excluding hydrogens is 466 g/mol. The molecule has 7 nitrogen and oxygen atoms in total. The van der Waals surface area contributed by atoms with Gasteiger partial charge >= 0.3 is 0 Å². The number of furan rings is 1. The summed E-state index contributed by atoms with van der Waals surface area (Å²) in [7, 11) is 0. The molecule has 3 aliphatic rings. The van der Waals surface area contributed by atoms with Gasteiger partial charge in [0, 0.05) is 18.1 Å². The van der Waals surface area contributed by atoms with E-state index in [2.05, 4.69) is 10.3 Å². The van der Waals surface area contributed by atoms with Gasteiger partial charge in [-0.1, -0.05) is 48.5 Å². The highest BCUT2D eigenvalue weighted by atomic mass is 16.3. The van der Waals surface area contributed by atoms with E-state index in [4.69, 9.17) is 4.42 Å². The van der Waals surface area contributed by atoms with Gasteiger partial charge in [0.05, 0.1) is 18.2 Å². The maximum absolute atomic E-state index is 14.3. The molecule has 7 heteroatoms. The Hall–Kier alpha value is -4.78. The molecule has 0 aliphatic carbocycles. The van der Waals surface area contributed by atoms with Crippen molar-refractivity contribution in [3.8, 4) is 0 Å². The SMILES string of the molecule is O=C(c1ccccn1)[C@@H]1[C@@H](C(=O)c2ccco2)[C@@]2(C(=O)Nc3ccccc32)[C@H]2c3ccccc3C=CN12. The molecule has 37 heavy (non-hydrogen) atoms. The zero-order chi connectivity index (χ0) is 25.1. The van der Waals surface area contributed by atoms with Gasteiger partial charge in [0.15, 0.2) is 5.76 Å². The molecule has 0 radical (unpaired) electrons. The van der Waals surface area contributed by atoms with Crippen LogP contribution in [0.25, 0.3) is 6.08 Å². The normalized spacial score (nSPS) is 24.9. The first kappa shape index (κ1) is 21.5. The average molecular weight is 488 g/mol. The summed E-state index contributed by atoms with van der Waals surface area (Å²) in [6.07, 6.45) is 6.74. The van der Waals surface area contributed by atoms with Crippen LogP contribution in [-0.2, 0) is 10.2 Å². The predicted octanol–water partition coefficient (Wildman–Crippen LogP) is 4.66. The van der Waals surface area contributed by atoms with Gasteiger partial charge in [0.25, 0.3) is 0 Å². The Balaban J connectivity index is 1.55. The van der Waals surface area contributed by atoms with Gasteiger partial charge in [-0.05, 0) is 53.1 Å². The monoisotopic (exact) mass is 487 g/mol. The number of rotatable bonds is 4. The van der Waals surface area contributed by atoms with Crippen LogP contribution >= 0.6 is 0 Å². The number of carbonyl (C=O) groups excluding carboxylic acids is 3. The fourth-order valence-corrected chi connectivity index (χ4v) is 6.40. The molecule has 2 aromatic heterocycles. The van der Waals surface area contributed by atoms with Crippen molar-refractivity contribution in [2.24, 2.45) is 5.92 Å². The standard InChI is InChI=1S/C30H21N3O4/c34-26(22-12-5-6-15-31-22)25-24(27(35)23-13-7-17-37-23)30(20-10-3-4-11-21(20)32-29(30)36)28-19-9-2-1-8-18(19)14-16-33(25)28/h1-17,24-25,28H,(H,32,36)/t24-,25-,28+,30+/m0/s1. The molecule has 1 amide bonds. The summed E-state index contributed by atoms with van der Waals surface area (Å²) in [5.74, 6) is -2.00. The van der Waals surface area contributed by atoms with Gasteiger partial charge in [0.1, 0.15) is 17.2 Å². The number of pyridine rings is 1. The Morgan fingerprint density at radius 1 is 0.919 bits per heavy atom. The second-order valence-electron chi connectivity index (χ2n) is 9.51. The van der Waals surface area contributed by atoms with Crippen LogP contribution in [0.15, 0.2) is 102 Å². The summed E-state index contributed by atoms with van der Waals surface area (Å²) >= 11 is 0. The van der Waals surface area contributed by atoms with Crippen molar-refractivity contribution >= 4 is 29.2 Å². The Morgan fingerprint density at radius 3 is 2.54 bits per heavy atom. The number of anilines is 1. The van der Waals surface area contributed by atoms with Gasteiger partial charge in [-0.2, -0.15) is 0 Å². The van der Waals surface area contributed by atoms with Crippen molar-refractivity contribution in [2.45, 2.75) is 17.5 Å². The first-order valence-electron chi connectivity index (χ1n) is 12.1. The lowest BCUT2D eigenvalue weighted by Crippen LogP contribution is -2.49. The van der Waals surface area contributed by atoms with Crippen LogP contribution in [0, 0.1) is 5.92 Å². The van der Waals surface area contributed by atoms with E-state index in [0.717, 1.165) is 11.1 Å².